The zero-order chi connectivity index (χ0) is 19.9. The van der Waals surface area contributed by atoms with E-state index in [0.29, 0.717) is 18.8 Å². The van der Waals surface area contributed by atoms with Crippen LogP contribution in [0.15, 0.2) is 52.3 Å². The predicted octanol–water partition coefficient (Wildman–Crippen LogP) is 2.02. The summed E-state index contributed by atoms with van der Waals surface area (Å²) in [5, 5.41) is 6.96. The molecule has 0 unspecified atom stereocenters. The average molecular weight is 393 g/mol. The van der Waals surface area contributed by atoms with Crippen LogP contribution in [0.25, 0.3) is 0 Å². The van der Waals surface area contributed by atoms with Crippen molar-refractivity contribution >= 4 is 15.8 Å². The third-order valence-corrected chi connectivity index (χ3v) is 5.31. The van der Waals surface area contributed by atoms with E-state index < -0.39 is 9.84 Å². The van der Waals surface area contributed by atoms with E-state index in [-0.39, 0.29) is 28.1 Å². The summed E-state index contributed by atoms with van der Waals surface area (Å²) in [5.74, 6) is 0.459. The van der Waals surface area contributed by atoms with Crippen molar-refractivity contribution in [2.24, 2.45) is 5.73 Å². The lowest BCUT2D eigenvalue weighted by Gasteiger charge is -2.12. The van der Waals surface area contributed by atoms with Gasteiger partial charge in [-0.2, -0.15) is 0 Å². The number of hydroxylamine groups is 1. The van der Waals surface area contributed by atoms with Crippen LogP contribution in [0.5, 0.6) is 11.5 Å². The van der Waals surface area contributed by atoms with Crippen molar-refractivity contribution in [3.63, 3.8) is 0 Å². The van der Waals surface area contributed by atoms with Gasteiger partial charge in [-0.25, -0.2) is 13.9 Å². The topological polar surface area (TPSA) is 124 Å². The summed E-state index contributed by atoms with van der Waals surface area (Å²) in [5.41, 5.74) is 8.08. The number of para-hydroxylation sites is 1. The number of methoxy groups -OCH3 is 1. The Kier molecular flexibility index (Phi) is 7.03. The normalized spacial score (nSPS) is 11.0. The Labute approximate surface area is 158 Å². The standard InChI is InChI=1S/C18H23N3O5S/c1-13-10-14(25-8-5-9-26-21-18(19)20)12-15(11-13)27(22,23)17-7-4-3-6-16(17)24-2/h3-4,6-7,10-12H,5,8-9H2,1-2H3,(H4,19,20,21). The van der Waals surface area contributed by atoms with Crippen molar-refractivity contribution in [2.75, 3.05) is 20.3 Å². The van der Waals surface area contributed by atoms with Gasteiger partial charge in [0.1, 0.15) is 16.4 Å². The number of nitrogens with one attached hydrogen (secondary N) is 2. The first-order chi connectivity index (χ1) is 12.8. The fraction of sp³-hybridized carbons (Fsp3) is 0.278. The van der Waals surface area contributed by atoms with Crippen LogP contribution in [0.4, 0.5) is 0 Å². The highest BCUT2D eigenvalue weighted by Crippen LogP contribution is 2.31. The molecule has 0 saturated heterocycles. The minimum atomic E-state index is -3.75. The van der Waals surface area contributed by atoms with Gasteiger partial charge in [0.15, 0.2) is 0 Å². The number of rotatable bonds is 9. The van der Waals surface area contributed by atoms with E-state index in [0.717, 1.165) is 5.56 Å². The van der Waals surface area contributed by atoms with Crippen molar-refractivity contribution in [2.45, 2.75) is 23.1 Å². The highest BCUT2D eigenvalue weighted by Gasteiger charge is 2.22. The Morgan fingerprint density at radius 3 is 2.63 bits per heavy atom. The number of guanidine groups is 1. The summed E-state index contributed by atoms with van der Waals surface area (Å²) in [6, 6.07) is 11.3. The maximum Gasteiger partial charge on any atom is 0.210 e. The molecule has 0 aromatic heterocycles. The molecule has 146 valence electrons. The molecule has 0 heterocycles. The fourth-order valence-corrected chi connectivity index (χ4v) is 3.91. The van der Waals surface area contributed by atoms with Crippen molar-refractivity contribution in [3.05, 3.63) is 48.0 Å². The molecule has 9 heteroatoms. The van der Waals surface area contributed by atoms with E-state index in [2.05, 4.69) is 5.48 Å². The lowest BCUT2D eigenvalue weighted by molar-refractivity contribution is 0.0733. The first-order valence-electron chi connectivity index (χ1n) is 8.19. The molecule has 8 nitrogen and oxygen atoms in total. The van der Waals surface area contributed by atoms with Gasteiger partial charge >= 0.3 is 0 Å². The molecule has 0 bridgehead atoms. The lowest BCUT2D eigenvalue weighted by atomic mass is 10.2. The number of ether oxygens (including phenoxy) is 2. The average Bonchev–Trinajstić information content (AvgIpc) is 2.63. The SMILES string of the molecule is COc1ccccc1S(=O)(=O)c1cc(C)cc(OCCCONC(=N)N)c1. The molecule has 2 aromatic rings. The van der Waals surface area contributed by atoms with Crippen LogP contribution in [0, 0.1) is 12.3 Å². The van der Waals surface area contributed by atoms with Crippen LogP contribution in [0.2, 0.25) is 0 Å². The molecular weight excluding hydrogens is 370 g/mol. The summed E-state index contributed by atoms with van der Waals surface area (Å²) in [6.07, 6.45) is 0.531. The Morgan fingerprint density at radius 2 is 1.93 bits per heavy atom. The largest absolute Gasteiger partial charge is 0.495 e. The number of sulfone groups is 1. The molecule has 0 saturated carbocycles. The first-order valence-corrected chi connectivity index (χ1v) is 9.67. The molecule has 0 aliphatic heterocycles. The van der Waals surface area contributed by atoms with Gasteiger partial charge in [-0.05, 0) is 42.8 Å². The zero-order valence-corrected chi connectivity index (χ0v) is 16.0. The summed E-state index contributed by atoms with van der Waals surface area (Å²) < 4.78 is 36.8. The molecule has 0 atom stereocenters. The second kappa shape index (κ2) is 9.24. The highest BCUT2D eigenvalue weighted by molar-refractivity contribution is 7.91. The van der Waals surface area contributed by atoms with Crippen LogP contribution in [-0.2, 0) is 14.7 Å². The Morgan fingerprint density at radius 1 is 1.19 bits per heavy atom. The van der Waals surface area contributed by atoms with Crippen LogP contribution in [0.3, 0.4) is 0 Å². The fourth-order valence-electron chi connectivity index (χ4n) is 2.37. The Balaban J connectivity index is 2.13. The molecule has 0 fully saturated rings. The van der Waals surface area contributed by atoms with E-state index >= 15 is 0 Å². The van der Waals surface area contributed by atoms with E-state index in [1.807, 2.05) is 0 Å². The van der Waals surface area contributed by atoms with Crippen molar-refractivity contribution in [1.82, 2.24) is 5.48 Å². The highest BCUT2D eigenvalue weighted by atomic mass is 32.2. The Bertz CT molecular complexity index is 900. The molecule has 0 spiro atoms. The number of nitrogens with two attached hydrogens (primary N) is 1. The second-order valence-electron chi connectivity index (χ2n) is 5.70. The molecule has 4 N–H and O–H groups in total. The van der Waals surface area contributed by atoms with Gasteiger partial charge in [-0.15, -0.1) is 0 Å². The molecule has 0 aliphatic rings. The monoisotopic (exact) mass is 393 g/mol. The molecule has 0 radical (unpaired) electrons. The first kappa shape index (κ1) is 20.5. The lowest BCUT2D eigenvalue weighted by Crippen LogP contribution is -2.30. The zero-order valence-electron chi connectivity index (χ0n) is 15.2. The van der Waals surface area contributed by atoms with Crippen molar-refractivity contribution in [3.8, 4) is 11.5 Å². The number of aryl methyl sites for hydroxylation is 1. The third-order valence-electron chi connectivity index (χ3n) is 3.53. The molecule has 2 rings (SSSR count). The van der Waals surface area contributed by atoms with Gasteiger partial charge in [0.05, 0.1) is 25.2 Å². The number of hydrogen-bond acceptors (Lipinski definition) is 6. The van der Waals surface area contributed by atoms with E-state index in [1.165, 1.54) is 19.2 Å². The molecular formula is C18H23N3O5S. The van der Waals surface area contributed by atoms with Gasteiger partial charge in [0.2, 0.25) is 15.8 Å². The van der Waals surface area contributed by atoms with Crippen molar-refractivity contribution < 1.29 is 22.7 Å². The molecule has 0 aliphatic carbocycles. The maximum atomic E-state index is 13.0. The smallest absolute Gasteiger partial charge is 0.210 e. The molecule has 0 amide bonds. The summed E-state index contributed by atoms with van der Waals surface area (Å²) in [4.78, 5) is 5.17. The van der Waals surface area contributed by atoms with Gasteiger partial charge < -0.3 is 15.2 Å². The molecule has 27 heavy (non-hydrogen) atoms. The van der Waals surface area contributed by atoms with E-state index in [1.54, 1.807) is 37.3 Å². The van der Waals surface area contributed by atoms with Crippen LogP contribution < -0.4 is 20.7 Å². The predicted molar refractivity (Wildman–Crippen MR) is 101 cm³/mol. The summed E-state index contributed by atoms with van der Waals surface area (Å²) >= 11 is 0. The maximum absolute atomic E-state index is 13.0. The van der Waals surface area contributed by atoms with Crippen LogP contribution >= 0.6 is 0 Å². The minimum absolute atomic E-state index is 0.104. The summed E-state index contributed by atoms with van der Waals surface area (Å²) in [7, 11) is -2.32. The number of hydrogen-bond donors (Lipinski definition) is 3. The summed E-state index contributed by atoms with van der Waals surface area (Å²) in [6.45, 7) is 2.41. The van der Waals surface area contributed by atoms with Gasteiger partial charge in [0, 0.05) is 6.42 Å². The van der Waals surface area contributed by atoms with Gasteiger partial charge in [0.25, 0.3) is 0 Å². The molecule has 2 aromatic carbocycles. The second-order valence-corrected chi connectivity index (χ2v) is 7.62. The van der Waals surface area contributed by atoms with E-state index in [4.69, 9.17) is 25.5 Å². The number of benzene rings is 2. The quantitative estimate of drug-likeness (QED) is 0.258. The Hall–Kier alpha value is -2.78. The van der Waals surface area contributed by atoms with E-state index in [9.17, 15) is 8.42 Å². The van der Waals surface area contributed by atoms with Gasteiger partial charge in [-0.3, -0.25) is 10.2 Å². The van der Waals surface area contributed by atoms with Crippen LogP contribution in [0.1, 0.15) is 12.0 Å². The van der Waals surface area contributed by atoms with Crippen molar-refractivity contribution in [1.29, 1.82) is 5.41 Å². The van der Waals surface area contributed by atoms with Crippen LogP contribution in [-0.4, -0.2) is 34.7 Å². The van der Waals surface area contributed by atoms with Gasteiger partial charge in [-0.1, -0.05) is 12.1 Å². The third kappa shape index (κ3) is 5.60. The minimum Gasteiger partial charge on any atom is -0.495 e.